The lowest BCUT2D eigenvalue weighted by Gasteiger charge is -2.31. The highest BCUT2D eigenvalue weighted by atomic mass is 32.2. The fraction of sp³-hybridized carbons (Fsp3) is 0.619. The first kappa shape index (κ1) is 21.8. The summed E-state index contributed by atoms with van der Waals surface area (Å²) in [5.41, 5.74) is 1.83. The maximum atomic E-state index is 13.4. The van der Waals surface area contributed by atoms with Gasteiger partial charge in [0, 0.05) is 25.6 Å². The van der Waals surface area contributed by atoms with Crippen molar-refractivity contribution in [2.24, 2.45) is 0 Å². The van der Waals surface area contributed by atoms with Crippen molar-refractivity contribution in [2.75, 3.05) is 37.7 Å². The average Bonchev–Trinajstić information content (AvgIpc) is 3.25. The molecule has 2 aromatic rings. The van der Waals surface area contributed by atoms with Gasteiger partial charge in [-0.15, -0.1) is 0 Å². The zero-order valence-corrected chi connectivity index (χ0v) is 18.5. The molecular formula is C21H32N4O3S. The summed E-state index contributed by atoms with van der Waals surface area (Å²) in [4.78, 5) is 22.1. The molecule has 1 atom stereocenters. The fourth-order valence-corrected chi connectivity index (χ4v) is 5.85. The second-order valence-corrected chi connectivity index (χ2v) is 9.86. The van der Waals surface area contributed by atoms with Gasteiger partial charge in [0.05, 0.1) is 22.5 Å². The van der Waals surface area contributed by atoms with Crippen molar-refractivity contribution in [3.8, 4) is 0 Å². The van der Waals surface area contributed by atoms with E-state index in [0.29, 0.717) is 13.0 Å². The number of carbonyl (C=O) groups is 1. The van der Waals surface area contributed by atoms with Crippen molar-refractivity contribution >= 4 is 26.8 Å². The van der Waals surface area contributed by atoms with E-state index in [1.54, 1.807) is 4.90 Å². The highest BCUT2D eigenvalue weighted by Gasteiger charge is 2.34. The van der Waals surface area contributed by atoms with E-state index in [2.05, 4.69) is 23.7 Å². The number of likely N-dealkylation sites (N-methyl/N-ethyl adjacent to an activating group) is 1. The van der Waals surface area contributed by atoms with Gasteiger partial charge in [0.2, 0.25) is 5.91 Å². The Kier molecular flexibility index (Phi) is 6.95. The van der Waals surface area contributed by atoms with E-state index in [1.165, 1.54) is 0 Å². The Morgan fingerprint density at radius 1 is 1.17 bits per heavy atom. The molecular weight excluding hydrogens is 388 g/mol. The first-order valence-electron chi connectivity index (χ1n) is 10.5. The van der Waals surface area contributed by atoms with Gasteiger partial charge in [0.25, 0.3) is 0 Å². The smallest absolute Gasteiger partial charge is 0.242 e. The summed E-state index contributed by atoms with van der Waals surface area (Å²) in [5, 5.41) is 0. The van der Waals surface area contributed by atoms with E-state index in [1.807, 2.05) is 35.8 Å². The van der Waals surface area contributed by atoms with Crippen LogP contribution in [0.15, 0.2) is 24.3 Å². The van der Waals surface area contributed by atoms with Gasteiger partial charge in [-0.1, -0.05) is 32.9 Å². The number of para-hydroxylation sites is 2. The van der Waals surface area contributed by atoms with E-state index in [0.717, 1.165) is 42.9 Å². The van der Waals surface area contributed by atoms with Crippen molar-refractivity contribution < 1.29 is 13.2 Å². The molecule has 1 saturated heterocycles. The molecule has 1 aromatic carbocycles. The van der Waals surface area contributed by atoms with E-state index >= 15 is 0 Å². The third-order valence-electron chi connectivity index (χ3n) is 5.86. The van der Waals surface area contributed by atoms with Gasteiger partial charge in [0.15, 0.2) is 9.84 Å². The predicted molar refractivity (Wildman–Crippen MR) is 116 cm³/mol. The van der Waals surface area contributed by atoms with E-state index in [-0.39, 0.29) is 30.0 Å². The predicted octanol–water partition coefficient (Wildman–Crippen LogP) is 1.96. The van der Waals surface area contributed by atoms with Crippen LogP contribution in [0.4, 0.5) is 0 Å². The topological polar surface area (TPSA) is 75.5 Å². The second-order valence-electron chi connectivity index (χ2n) is 7.63. The Labute approximate surface area is 173 Å². The van der Waals surface area contributed by atoms with Crippen molar-refractivity contribution in [1.29, 1.82) is 0 Å². The first-order valence-corrected chi connectivity index (χ1v) is 12.4. The second kappa shape index (κ2) is 9.26. The summed E-state index contributed by atoms with van der Waals surface area (Å²) in [7, 11) is -3.06. The number of amides is 1. The Morgan fingerprint density at radius 2 is 1.90 bits per heavy atom. The summed E-state index contributed by atoms with van der Waals surface area (Å²) in [6.07, 6.45) is 1.26. The van der Waals surface area contributed by atoms with Gasteiger partial charge in [-0.2, -0.15) is 0 Å². The lowest BCUT2D eigenvalue weighted by molar-refractivity contribution is -0.134. The molecule has 1 aliphatic heterocycles. The molecule has 3 rings (SSSR count). The lowest BCUT2D eigenvalue weighted by Crippen LogP contribution is -2.46. The normalized spacial score (nSPS) is 18.6. The molecule has 0 N–H and O–H groups in total. The summed E-state index contributed by atoms with van der Waals surface area (Å²) in [6, 6.07) is 7.60. The summed E-state index contributed by atoms with van der Waals surface area (Å²) < 4.78 is 26.1. The average molecular weight is 421 g/mol. The van der Waals surface area contributed by atoms with Crippen LogP contribution in [-0.2, 0) is 27.6 Å². The molecule has 1 unspecified atom stereocenters. The van der Waals surface area contributed by atoms with Crippen LogP contribution in [0, 0.1) is 0 Å². The number of hydrogen-bond acceptors (Lipinski definition) is 5. The number of nitrogens with zero attached hydrogens (tertiary/aromatic N) is 4. The Hall–Kier alpha value is -1.93. The molecule has 29 heavy (non-hydrogen) atoms. The molecule has 2 heterocycles. The molecule has 0 radical (unpaired) electrons. The van der Waals surface area contributed by atoms with Gasteiger partial charge in [-0.3, -0.25) is 4.79 Å². The van der Waals surface area contributed by atoms with Crippen LogP contribution in [-0.4, -0.2) is 77.4 Å². The third-order valence-corrected chi connectivity index (χ3v) is 7.61. The van der Waals surface area contributed by atoms with Crippen molar-refractivity contribution in [3.05, 3.63) is 30.1 Å². The molecule has 1 fully saturated rings. The number of fused-ring (bicyclic) bond motifs is 1. The van der Waals surface area contributed by atoms with Gasteiger partial charge in [-0.05, 0) is 31.6 Å². The minimum absolute atomic E-state index is 0.0305. The zero-order valence-electron chi connectivity index (χ0n) is 17.7. The quantitative estimate of drug-likeness (QED) is 0.620. The maximum absolute atomic E-state index is 13.4. The van der Waals surface area contributed by atoms with E-state index in [4.69, 9.17) is 0 Å². The number of benzene rings is 1. The Bertz CT molecular complexity index is 950. The lowest BCUT2D eigenvalue weighted by atomic mass is 10.2. The van der Waals surface area contributed by atoms with Crippen molar-refractivity contribution in [1.82, 2.24) is 19.4 Å². The number of rotatable bonds is 9. The minimum atomic E-state index is -3.06. The van der Waals surface area contributed by atoms with Crippen LogP contribution in [0.2, 0.25) is 0 Å². The zero-order chi connectivity index (χ0) is 21.0. The molecule has 0 spiro atoms. The number of aromatic nitrogens is 2. The van der Waals surface area contributed by atoms with Gasteiger partial charge >= 0.3 is 0 Å². The molecule has 1 aliphatic rings. The Balaban J connectivity index is 1.84. The van der Waals surface area contributed by atoms with Gasteiger partial charge in [-0.25, -0.2) is 13.4 Å². The summed E-state index contributed by atoms with van der Waals surface area (Å²) >= 11 is 0. The van der Waals surface area contributed by atoms with Crippen LogP contribution in [0.25, 0.3) is 11.0 Å². The van der Waals surface area contributed by atoms with Gasteiger partial charge < -0.3 is 14.4 Å². The van der Waals surface area contributed by atoms with Crippen LogP contribution in [0.3, 0.4) is 0 Å². The number of imidazole rings is 1. The molecule has 1 amide bonds. The number of aryl methyl sites for hydroxylation is 1. The fourth-order valence-electron chi connectivity index (χ4n) is 4.12. The molecule has 0 aliphatic carbocycles. The van der Waals surface area contributed by atoms with Crippen LogP contribution in [0.1, 0.15) is 33.0 Å². The standard InChI is InChI=1S/C21H32N4O3S/c1-4-20-22-18-9-7-8-10-19(18)25(20)15-21(26)24(13-12-23(5-2)6-3)17-11-14-29(27,28)16-17/h7-10,17H,4-6,11-16H2,1-3H3. The molecule has 7 nitrogen and oxygen atoms in total. The number of carbonyl (C=O) groups excluding carboxylic acids is 1. The van der Waals surface area contributed by atoms with Gasteiger partial charge in [0.1, 0.15) is 12.4 Å². The molecule has 0 saturated carbocycles. The van der Waals surface area contributed by atoms with Crippen molar-refractivity contribution in [3.63, 3.8) is 0 Å². The molecule has 0 bridgehead atoms. The third kappa shape index (κ3) is 4.98. The molecule has 1 aromatic heterocycles. The largest absolute Gasteiger partial charge is 0.336 e. The first-order chi connectivity index (χ1) is 13.9. The SMILES string of the molecule is CCc1nc2ccccc2n1CC(=O)N(CCN(CC)CC)C1CCS(=O)(=O)C1. The highest BCUT2D eigenvalue weighted by Crippen LogP contribution is 2.21. The number of hydrogen-bond donors (Lipinski definition) is 0. The van der Waals surface area contributed by atoms with Crippen LogP contribution in [0.5, 0.6) is 0 Å². The highest BCUT2D eigenvalue weighted by molar-refractivity contribution is 7.91. The molecule has 8 heteroatoms. The number of sulfone groups is 1. The van der Waals surface area contributed by atoms with E-state index < -0.39 is 9.84 Å². The maximum Gasteiger partial charge on any atom is 0.242 e. The molecule has 160 valence electrons. The summed E-state index contributed by atoms with van der Waals surface area (Å²) in [6.45, 7) is 9.54. The monoisotopic (exact) mass is 420 g/mol. The van der Waals surface area contributed by atoms with Crippen LogP contribution < -0.4 is 0 Å². The minimum Gasteiger partial charge on any atom is -0.336 e. The Morgan fingerprint density at radius 3 is 2.52 bits per heavy atom. The summed E-state index contributed by atoms with van der Waals surface area (Å²) in [5.74, 6) is 1.09. The van der Waals surface area contributed by atoms with E-state index in [9.17, 15) is 13.2 Å². The van der Waals surface area contributed by atoms with Crippen LogP contribution >= 0.6 is 0 Å². The van der Waals surface area contributed by atoms with Crippen molar-refractivity contribution in [2.45, 2.75) is 46.2 Å².